The minimum atomic E-state index is -3.40. The molecule has 0 atom stereocenters. The number of hydrogen-bond acceptors (Lipinski definition) is 3. The lowest BCUT2D eigenvalue weighted by Gasteiger charge is -2.07. The lowest BCUT2D eigenvalue weighted by atomic mass is 10.2. The zero-order valence-electron chi connectivity index (χ0n) is 8.76. The van der Waals surface area contributed by atoms with Crippen LogP contribution in [0, 0.1) is 0 Å². The van der Waals surface area contributed by atoms with Gasteiger partial charge < -0.3 is 0 Å². The van der Waals surface area contributed by atoms with Gasteiger partial charge in [-0.3, -0.25) is 0 Å². The molecule has 1 aromatic heterocycles. The molecule has 0 spiro atoms. The fraction of sp³-hybridized carbons (Fsp3) is 0.100. The van der Waals surface area contributed by atoms with Crippen molar-refractivity contribution in [1.82, 2.24) is 8.96 Å². The number of benzene rings is 1. The Kier molecular flexibility index (Phi) is 3.16. The lowest BCUT2D eigenvalue weighted by Crippen LogP contribution is -2.10. The molecule has 0 amide bonds. The van der Waals surface area contributed by atoms with Crippen LogP contribution in [-0.4, -0.2) is 23.6 Å². The molecular formula is C10H8Cl2N2O2S. The molecule has 0 radical (unpaired) electrons. The zero-order valence-corrected chi connectivity index (χ0v) is 11.1. The number of hydrogen-bond donors (Lipinski definition) is 0. The van der Waals surface area contributed by atoms with E-state index in [0.29, 0.717) is 15.6 Å². The first-order valence-corrected chi connectivity index (χ1v) is 7.19. The molecule has 17 heavy (non-hydrogen) atoms. The van der Waals surface area contributed by atoms with Gasteiger partial charge in [-0.25, -0.2) is 17.4 Å². The maximum Gasteiger partial charge on any atom is 0.237 e. The van der Waals surface area contributed by atoms with E-state index in [2.05, 4.69) is 4.98 Å². The summed E-state index contributed by atoms with van der Waals surface area (Å²) in [6, 6.07) is 4.80. The Labute approximate surface area is 109 Å². The largest absolute Gasteiger partial charge is 0.237 e. The Morgan fingerprint density at radius 1 is 1.29 bits per heavy atom. The quantitative estimate of drug-likeness (QED) is 0.854. The summed E-state index contributed by atoms with van der Waals surface area (Å²) in [7, 11) is -3.40. The summed E-state index contributed by atoms with van der Waals surface area (Å²) in [5.74, 6) is 0.272. The Hall–Kier alpha value is -1.04. The van der Waals surface area contributed by atoms with Gasteiger partial charge in [0.1, 0.15) is 0 Å². The topological polar surface area (TPSA) is 52.0 Å². The van der Waals surface area contributed by atoms with Crippen LogP contribution in [0.5, 0.6) is 0 Å². The second kappa shape index (κ2) is 4.33. The summed E-state index contributed by atoms with van der Waals surface area (Å²) < 4.78 is 24.1. The third kappa shape index (κ3) is 2.46. The van der Waals surface area contributed by atoms with Crippen molar-refractivity contribution in [3.8, 4) is 11.4 Å². The molecule has 2 aromatic rings. The van der Waals surface area contributed by atoms with E-state index in [0.717, 1.165) is 10.2 Å². The lowest BCUT2D eigenvalue weighted by molar-refractivity contribution is 0.594. The highest BCUT2D eigenvalue weighted by atomic mass is 35.5. The van der Waals surface area contributed by atoms with Crippen LogP contribution in [0.3, 0.4) is 0 Å². The molecule has 7 heteroatoms. The van der Waals surface area contributed by atoms with Crippen molar-refractivity contribution in [2.24, 2.45) is 0 Å². The first-order valence-electron chi connectivity index (χ1n) is 4.59. The van der Waals surface area contributed by atoms with Gasteiger partial charge in [-0.1, -0.05) is 23.2 Å². The van der Waals surface area contributed by atoms with Crippen molar-refractivity contribution in [3.63, 3.8) is 0 Å². The zero-order chi connectivity index (χ0) is 12.6. The molecule has 4 nitrogen and oxygen atoms in total. The predicted molar refractivity (Wildman–Crippen MR) is 67.9 cm³/mol. The van der Waals surface area contributed by atoms with Crippen LogP contribution in [0.15, 0.2) is 30.6 Å². The summed E-state index contributed by atoms with van der Waals surface area (Å²) >= 11 is 11.8. The first-order chi connectivity index (χ1) is 7.89. The van der Waals surface area contributed by atoms with Crippen molar-refractivity contribution >= 4 is 33.2 Å². The number of aromatic nitrogens is 2. The van der Waals surface area contributed by atoms with Gasteiger partial charge in [0.15, 0.2) is 5.82 Å². The average molecular weight is 291 g/mol. The second-order valence-corrected chi connectivity index (χ2v) is 6.14. The molecule has 0 saturated carbocycles. The molecule has 1 heterocycles. The molecule has 0 N–H and O–H groups in total. The van der Waals surface area contributed by atoms with Crippen LogP contribution < -0.4 is 0 Å². The molecular weight excluding hydrogens is 283 g/mol. The molecule has 0 aliphatic carbocycles. The Bertz CT molecular complexity index is 665. The van der Waals surface area contributed by atoms with Gasteiger partial charge in [0.2, 0.25) is 10.0 Å². The monoisotopic (exact) mass is 290 g/mol. The summed E-state index contributed by atoms with van der Waals surface area (Å²) in [5, 5.41) is 0.838. The van der Waals surface area contributed by atoms with Gasteiger partial charge in [0.05, 0.1) is 11.3 Å². The normalized spacial score (nSPS) is 11.7. The maximum absolute atomic E-state index is 11.5. The van der Waals surface area contributed by atoms with E-state index in [1.54, 1.807) is 18.2 Å². The summed E-state index contributed by atoms with van der Waals surface area (Å²) in [6.07, 6.45) is 3.87. The average Bonchev–Trinajstić information content (AvgIpc) is 2.65. The molecule has 1 aromatic carbocycles. The highest BCUT2D eigenvalue weighted by Gasteiger charge is 2.15. The summed E-state index contributed by atoms with van der Waals surface area (Å²) in [5.41, 5.74) is 0.520. The SMILES string of the molecule is CS(=O)(=O)n1ccnc1-c1ccc(Cl)cc1Cl. The van der Waals surface area contributed by atoms with Crippen LogP contribution in [0.1, 0.15) is 0 Å². The van der Waals surface area contributed by atoms with Crippen LogP contribution in [-0.2, 0) is 10.0 Å². The molecule has 0 aliphatic heterocycles. The third-order valence-electron chi connectivity index (χ3n) is 2.14. The van der Waals surface area contributed by atoms with Gasteiger partial charge in [-0.15, -0.1) is 0 Å². The van der Waals surface area contributed by atoms with E-state index >= 15 is 0 Å². The molecule has 0 aliphatic rings. The Morgan fingerprint density at radius 2 is 2.00 bits per heavy atom. The van der Waals surface area contributed by atoms with Gasteiger partial charge >= 0.3 is 0 Å². The van der Waals surface area contributed by atoms with E-state index in [9.17, 15) is 8.42 Å². The third-order valence-corrected chi connectivity index (χ3v) is 3.69. The smallest absolute Gasteiger partial charge is 0.236 e. The van der Waals surface area contributed by atoms with E-state index < -0.39 is 10.0 Å². The molecule has 0 unspecified atom stereocenters. The van der Waals surface area contributed by atoms with Crippen molar-refractivity contribution in [2.45, 2.75) is 0 Å². The number of halogens is 2. The van der Waals surface area contributed by atoms with Gasteiger partial charge in [-0.05, 0) is 18.2 Å². The summed E-state index contributed by atoms with van der Waals surface area (Å²) in [6.45, 7) is 0. The van der Waals surface area contributed by atoms with Crippen LogP contribution >= 0.6 is 23.2 Å². The van der Waals surface area contributed by atoms with E-state index in [1.807, 2.05) is 0 Å². The van der Waals surface area contributed by atoms with E-state index in [4.69, 9.17) is 23.2 Å². The fourth-order valence-electron chi connectivity index (χ4n) is 1.42. The fourth-order valence-corrected chi connectivity index (χ4v) is 2.65. The van der Waals surface area contributed by atoms with Crippen LogP contribution in [0.2, 0.25) is 10.0 Å². The van der Waals surface area contributed by atoms with Gasteiger partial charge in [-0.2, -0.15) is 0 Å². The van der Waals surface area contributed by atoms with Crippen molar-refractivity contribution in [3.05, 3.63) is 40.6 Å². The first kappa shape index (κ1) is 12.4. The second-order valence-electron chi connectivity index (χ2n) is 3.43. The van der Waals surface area contributed by atoms with E-state index in [1.165, 1.54) is 12.4 Å². The molecule has 0 bridgehead atoms. The maximum atomic E-state index is 11.5. The minimum Gasteiger partial charge on any atom is -0.236 e. The van der Waals surface area contributed by atoms with Crippen LogP contribution in [0.4, 0.5) is 0 Å². The van der Waals surface area contributed by atoms with Crippen molar-refractivity contribution < 1.29 is 8.42 Å². The Balaban J connectivity index is 2.66. The standard InChI is InChI=1S/C10H8Cl2N2O2S/c1-17(15,16)14-5-4-13-10(14)8-3-2-7(11)6-9(8)12/h2-6H,1H3. The van der Waals surface area contributed by atoms with Gasteiger partial charge in [0, 0.05) is 23.0 Å². The van der Waals surface area contributed by atoms with Gasteiger partial charge in [0.25, 0.3) is 0 Å². The molecule has 0 saturated heterocycles. The van der Waals surface area contributed by atoms with Crippen molar-refractivity contribution in [2.75, 3.05) is 6.26 Å². The number of nitrogens with zero attached hydrogens (tertiary/aromatic N) is 2. The van der Waals surface area contributed by atoms with E-state index in [-0.39, 0.29) is 5.82 Å². The summed E-state index contributed by atoms with van der Waals surface area (Å²) in [4.78, 5) is 4.00. The van der Waals surface area contributed by atoms with Crippen LogP contribution in [0.25, 0.3) is 11.4 Å². The predicted octanol–water partition coefficient (Wildman–Crippen LogP) is 2.66. The minimum absolute atomic E-state index is 0.272. The number of imidazole rings is 1. The highest BCUT2D eigenvalue weighted by molar-refractivity contribution is 7.89. The molecule has 90 valence electrons. The number of rotatable bonds is 2. The molecule has 2 rings (SSSR count). The van der Waals surface area contributed by atoms with Crippen molar-refractivity contribution in [1.29, 1.82) is 0 Å². The highest BCUT2D eigenvalue weighted by Crippen LogP contribution is 2.29. The Morgan fingerprint density at radius 3 is 2.59 bits per heavy atom. The molecule has 0 fully saturated rings.